The summed E-state index contributed by atoms with van der Waals surface area (Å²) in [6.45, 7) is 6.67. The molecule has 1 fully saturated rings. The monoisotopic (exact) mass is 257 g/mol. The largest absolute Gasteiger partial charge is 0.478 e. The third-order valence-electron chi connectivity index (χ3n) is 3.30. The van der Waals surface area contributed by atoms with Gasteiger partial charge in [0.1, 0.15) is 0 Å². The molecule has 0 saturated heterocycles. The third-order valence-corrected chi connectivity index (χ3v) is 3.30. The second kappa shape index (κ2) is 5.74. The Kier molecular flexibility index (Phi) is 4.05. The van der Waals surface area contributed by atoms with Crippen molar-refractivity contribution in [2.75, 3.05) is 11.4 Å². The van der Waals surface area contributed by atoms with Crippen molar-refractivity contribution in [3.05, 3.63) is 48.1 Å². The van der Waals surface area contributed by atoms with Gasteiger partial charge in [-0.25, -0.2) is 4.79 Å². The minimum atomic E-state index is -0.922. The quantitative estimate of drug-likeness (QED) is 0.628. The van der Waals surface area contributed by atoms with Gasteiger partial charge in [-0.2, -0.15) is 0 Å². The van der Waals surface area contributed by atoms with Gasteiger partial charge in [0.05, 0.1) is 0 Å². The van der Waals surface area contributed by atoms with Gasteiger partial charge in [0.2, 0.25) is 0 Å². The molecule has 1 aromatic carbocycles. The van der Waals surface area contributed by atoms with Gasteiger partial charge >= 0.3 is 5.97 Å². The van der Waals surface area contributed by atoms with Crippen molar-refractivity contribution < 1.29 is 9.90 Å². The van der Waals surface area contributed by atoms with Crippen LogP contribution in [0.25, 0.3) is 6.08 Å². The molecule has 0 heterocycles. The standard InChI is InChI=1S/C16H19NO2/c1-3-10-17(14-7-8-14)15-6-4-13(12(2)11-15)5-9-16(18)19/h3-6,9,11,14H,1,7-8,10H2,2H3,(H,18,19)/b9-5+. The maximum absolute atomic E-state index is 10.5. The topological polar surface area (TPSA) is 40.5 Å². The zero-order valence-electron chi connectivity index (χ0n) is 11.2. The molecule has 0 radical (unpaired) electrons. The summed E-state index contributed by atoms with van der Waals surface area (Å²) in [6, 6.07) is 6.78. The highest BCUT2D eigenvalue weighted by Crippen LogP contribution is 2.32. The van der Waals surface area contributed by atoms with Gasteiger partial charge in [-0.15, -0.1) is 6.58 Å². The molecular formula is C16H19NO2. The molecule has 1 N–H and O–H groups in total. The fourth-order valence-corrected chi connectivity index (χ4v) is 2.18. The first-order valence-electron chi connectivity index (χ1n) is 6.51. The van der Waals surface area contributed by atoms with Crippen molar-refractivity contribution >= 4 is 17.7 Å². The lowest BCUT2D eigenvalue weighted by Crippen LogP contribution is -2.25. The molecule has 0 spiro atoms. The number of hydrogen-bond donors (Lipinski definition) is 1. The molecule has 0 bridgehead atoms. The molecular weight excluding hydrogens is 238 g/mol. The summed E-state index contributed by atoms with van der Waals surface area (Å²) < 4.78 is 0. The van der Waals surface area contributed by atoms with Crippen LogP contribution in [0.5, 0.6) is 0 Å². The van der Waals surface area contributed by atoms with Gasteiger partial charge in [-0.05, 0) is 49.1 Å². The van der Waals surface area contributed by atoms with Crippen LogP contribution < -0.4 is 4.90 Å². The number of aryl methyl sites for hydroxylation is 1. The number of nitrogens with zero attached hydrogens (tertiary/aromatic N) is 1. The summed E-state index contributed by atoms with van der Waals surface area (Å²) in [5, 5.41) is 8.65. The molecule has 0 amide bonds. The summed E-state index contributed by atoms with van der Waals surface area (Å²) in [6.07, 6.45) is 7.22. The summed E-state index contributed by atoms with van der Waals surface area (Å²) in [5.41, 5.74) is 3.22. The molecule has 1 aromatic rings. The first-order valence-corrected chi connectivity index (χ1v) is 6.51. The maximum Gasteiger partial charge on any atom is 0.328 e. The predicted octanol–water partition coefficient (Wildman–Crippen LogP) is 3.25. The van der Waals surface area contributed by atoms with Crippen LogP contribution in [0, 0.1) is 6.92 Å². The number of carboxylic acids is 1. The number of benzene rings is 1. The van der Waals surface area contributed by atoms with E-state index in [0.717, 1.165) is 17.7 Å². The number of anilines is 1. The van der Waals surface area contributed by atoms with E-state index < -0.39 is 5.97 Å². The van der Waals surface area contributed by atoms with Crippen LogP contribution in [0.1, 0.15) is 24.0 Å². The number of carbonyl (C=O) groups is 1. The zero-order chi connectivity index (χ0) is 13.8. The molecule has 100 valence electrons. The lowest BCUT2D eigenvalue weighted by Gasteiger charge is -2.23. The minimum Gasteiger partial charge on any atom is -0.478 e. The number of carboxylic acid groups (broad SMARTS) is 1. The van der Waals surface area contributed by atoms with Gasteiger partial charge in [-0.1, -0.05) is 12.1 Å². The number of aliphatic carboxylic acids is 1. The average Bonchev–Trinajstić information content (AvgIpc) is 3.18. The average molecular weight is 257 g/mol. The van der Waals surface area contributed by atoms with E-state index in [9.17, 15) is 4.79 Å². The van der Waals surface area contributed by atoms with E-state index in [-0.39, 0.29) is 0 Å². The Morgan fingerprint density at radius 3 is 2.79 bits per heavy atom. The van der Waals surface area contributed by atoms with Crippen LogP contribution in [0.2, 0.25) is 0 Å². The minimum absolute atomic E-state index is 0.637. The van der Waals surface area contributed by atoms with Crippen LogP contribution in [-0.2, 0) is 4.79 Å². The van der Waals surface area contributed by atoms with Crippen molar-refractivity contribution in [1.82, 2.24) is 0 Å². The first kappa shape index (κ1) is 13.4. The van der Waals surface area contributed by atoms with Crippen LogP contribution in [0.3, 0.4) is 0 Å². The molecule has 0 aromatic heterocycles. The molecule has 1 aliphatic rings. The van der Waals surface area contributed by atoms with E-state index in [1.165, 1.54) is 24.6 Å². The SMILES string of the molecule is C=CCN(c1ccc(/C=C/C(=O)O)c(C)c1)C1CC1. The van der Waals surface area contributed by atoms with Crippen molar-refractivity contribution in [3.63, 3.8) is 0 Å². The second-order valence-corrected chi connectivity index (χ2v) is 4.88. The summed E-state index contributed by atoms with van der Waals surface area (Å²) >= 11 is 0. The van der Waals surface area contributed by atoms with E-state index in [2.05, 4.69) is 23.6 Å². The fraction of sp³-hybridized carbons (Fsp3) is 0.312. The van der Waals surface area contributed by atoms with Gasteiger partial charge in [0.25, 0.3) is 0 Å². The van der Waals surface area contributed by atoms with Gasteiger partial charge in [0, 0.05) is 24.4 Å². The summed E-state index contributed by atoms with van der Waals surface area (Å²) in [4.78, 5) is 12.9. The molecule has 1 aliphatic carbocycles. The molecule has 0 aliphatic heterocycles. The molecule has 2 rings (SSSR count). The lowest BCUT2D eigenvalue weighted by molar-refractivity contribution is -0.131. The summed E-state index contributed by atoms with van der Waals surface area (Å²) in [7, 11) is 0. The van der Waals surface area contributed by atoms with Gasteiger partial charge in [0.15, 0.2) is 0 Å². The van der Waals surface area contributed by atoms with E-state index in [1.54, 1.807) is 6.08 Å². The Labute approximate surface area is 113 Å². The Hall–Kier alpha value is -2.03. The molecule has 19 heavy (non-hydrogen) atoms. The first-order chi connectivity index (χ1) is 9.11. The molecule has 0 unspecified atom stereocenters. The fourth-order valence-electron chi connectivity index (χ4n) is 2.18. The smallest absolute Gasteiger partial charge is 0.328 e. The zero-order valence-corrected chi connectivity index (χ0v) is 11.2. The van der Waals surface area contributed by atoms with E-state index in [0.29, 0.717) is 6.04 Å². The van der Waals surface area contributed by atoms with E-state index >= 15 is 0 Å². The van der Waals surface area contributed by atoms with Crippen molar-refractivity contribution in [1.29, 1.82) is 0 Å². The molecule has 1 saturated carbocycles. The highest BCUT2D eigenvalue weighted by Gasteiger charge is 2.28. The predicted molar refractivity (Wildman–Crippen MR) is 78.4 cm³/mol. The third kappa shape index (κ3) is 3.47. The van der Waals surface area contributed by atoms with Crippen molar-refractivity contribution in [2.24, 2.45) is 0 Å². The van der Waals surface area contributed by atoms with E-state index in [1.807, 2.05) is 19.1 Å². The van der Waals surface area contributed by atoms with Gasteiger partial charge < -0.3 is 10.0 Å². The normalized spacial score (nSPS) is 14.6. The Bertz CT molecular complexity index is 515. The Morgan fingerprint density at radius 2 is 2.26 bits per heavy atom. The number of hydrogen-bond acceptors (Lipinski definition) is 2. The second-order valence-electron chi connectivity index (χ2n) is 4.88. The lowest BCUT2D eigenvalue weighted by atomic mass is 10.1. The summed E-state index contributed by atoms with van der Waals surface area (Å²) in [5.74, 6) is -0.922. The Morgan fingerprint density at radius 1 is 1.53 bits per heavy atom. The highest BCUT2D eigenvalue weighted by molar-refractivity contribution is 5.85. The van der Waals surface area contributed by atoms with Crippen LogP contribution >= 0.6 is 0 Å². The van der Waals surface area contributed by atoms with Gasteiger partial charge in [-0.3, -0.25) is 0 Å². The highest BCUT2D eigenvalue weighted by atomic mass is 16.4. The van der Waals surface area contributed by atoms with Crippen molar-refractivity contribution in [2.45, 2.75) is 25.8 Å². The van der Waals surface area contributed by atoms with Crippen LogP contribution in [0.4, 0.5) is 5.69 Å². The molecule has 3 nitrogen and oxygen atoms in total. The Balaban J connectivity index is 2.21. The van der Waals surface area contributed by atoms with Crippen LogP contribution in [0.15, 0.2) is 36.9 Å². The number of rotatable bonds is 6. The van der Waals surface area contributed by atoms with Crippen molar-refractivity contribution in [3.8, 4) is 0 Å². The maximum atomic E-state index is 10.5. The van der Waals surface area contributed by atoms with Crippen LogP contribution in [-0.4, -0.2) is 23.7 Å². The molecule has 3 heteroatoms. The molecule has 0 atom stereocenters. The van der Waals surface area contributed by atoms with E-state index in [4.69, 9.17) is 5.11 Å².